The van der Waals surface area contributed by atoms with E-state index in [-0.39, 0.29) is 17.8 Å². The third-order valence-electron chi connectivity index (χ3n) is 4.05. The van der Waals surface area contributed by atoms with Crippen LogP contribution >= 0.6 is 0 Å². The molecule has 6 nitrogen and oxygen atoms in total. The number of hydrogen-bond donors (Lipinski definition) is 0. The minimum atomic E-state index is -0.531. The molecule has 0 radical (unpaired) electrons. The lowest BCUT2D eigenvalue weighted by Crippen LogP contribution is -2.08. The van der Waals surface area contributed by atoms with Gasteiger partial charge in [-0.15, -0.1) is 5.10 Å². The van der Waals surface area contributed by atoms with E-state index in [1.165, 1.54) is 12.1 Å². The quantitative estimate of drug-likeness (QED) is 0.531. The summed E-state index contributed by atoms with van der Waals surface area (Å²) < 4.78 is 15.4. The van der Waals surface area contributed by atoms with Crippen molar-refractivity contribution in [2.24, 2.45) is 7.05 Å². The molecule has 0 bridgehead atoms. The predicted octanol–water partition coefficient (Wildman–Crippen LogP) is 2.99. The van der Waals surface area contributed by atoms with Crippen molar-refractivity contribution in [3.63, 3.8) is 0 Å². The number of carbonyl (C=O) groups excluding carboxylic acids is 1. The van der Waals surface area contributed by atoms with E-state index in [4.69, 9.17) is 0 Å². The number of aromatic nitrogens is 5. The second-order valence-electron chi connectivity index (χ2n) is 5.97. The molecule has 0 aliphatic heterocycles. The van der Waals surface area contributed by atoms with Crippen LogP contribution in [0.5, 0.6) is 0 Å². The van der Waals surface area contributed by atoms with Crippen molar-refractivity contribution in [3.05, 3.63) is 71.8 Å². The first-order chi connectivity index (χ1) is 12.6. The van der Waals surface area contributed by atoms with Crippen molar-refractivity contribution in [2.75, 3.05) is 0 Å². The Kier molecular flexibility index (Phi) is 3.96. The second kappa shape index (κ2) is 6.44. The van der Waals surface area contributed by atoms with Crippen molar-refractivity contribution in [1.82, 2.24) is 25.2 Å². The molecule has 4 rings (SSSR count). The number of halogens is 1. The Hall–Kier alpha value is -3.48. The van der Waals surface area contributed by atoms with Gasteiger partial charge < -0.3 is 0 Å². The zero-order valence-corrected chi connectivity index (χ0v) is 13.9. The van der Waals surface area contributed by atoms with E-state index in [2.05, 4.69) is 20.5 Å². The maximum atomic E-state index is 13.8. The Balaban J connectivity index is 1.66. The number of fused-ring (bicyclic) bond motifs is 1. The molecule has 0 amide bonds. The fourth-order valence-electron chi connectivity index (χ4n) is 2.76. The Labute approximate surface area is 148 Å². The van der Waals surface area contributed by atoms with E-state index in [0.717, 1.165) is 16.6 Å². The zero-order chi connectivity index (χ0) is 18.1. The molecule has 0 saturated heterocycles. The Morgan fingerprint density at radius 1 is 1.08 bits per heavy atom. The number of carbonyl (C=O) groups is 1. The van der Waals surface area contributed by atoms with Gasteiger partial charge in [-0.3, -0.25) is 9.48 Å². The summed E-state index contributed by atoms with van der Waals surface area (Å²) in [5.41, 5.74) is 2.89. The van der Waals surface area contributed by atoms with Gasteiger partial charge in [-0.1, -0.05) is 23.4 Å². The van der Waals surface area contributed by atoms with Crippen LogP contribution in [-0.4, -0.2) is 31.0 Å². The van der Waals surface area contributed by atoms with E-state index < -0.39 is 5.82 Å². The third kappa shape index (κ3) is 3.06. The van der Waals surface area contributed by atoms with E-state index in [0.29, 0.717) is 11.2 Å². The van der Waals surface area contributed by atoms with Gasteiger partial charge >= 0.3 is 0 Å². The molecule has 128 valence electrons. The molecule has 2 aromatic carbocycles. The highest BCUT2D eigenvalue weighted by Gasteiger charge is 2.13. The van der Waals surface area contributed by atoms with E-state index >= 15 is 0 Å². The van der Waals surface area contributed by atoms with Gasteiger partial charge in [0.1, 0.15) is 11.5 Å². The maximum Gasteiger partial charge on any atom is 0.171 e. The van der Waals surface area contributed by atoms with Gasteiger partial charge in [-0.25, -0.2) is 4.39 Å². The molecule has 0 fully saturated rings. The molecule has 0 atom stereocenters. The van der Waals surface area contributed by atoms with Crippen LogP contribution in [-0.2, 0) is 13.5 Å². The number of Topliss-reactive ketones (excluding diaryl/α,β-unsaturated/α-hetero) is 1. The fraction of sp³-hybridized carbons (Fsp3) is 0.105. The van der Waals surface area contributed by atoms with Crippen LogP contribution in [0, 0.1) is 5.82 Å². The summed E-state index contributed by atoms with van der Waals surface area (Å²) in [5, 5.41) is 17.1. The monoisotopic (exact) mass is 347 g/mol. The number of aryl methyl sites for hydroxylation is 1. The Morgan fingerprint density at radius 3 is 2.69 bits per heavy atom. The van der Waals surface area contributed by atoms with Crippen LogP contribution in [0.3, 0.4) is 0 Å². The highest BCUT2D eigenvalue weighted by molar-refractivity contribution is 5.98. The first kappa shape index (κ1) is 16.0. The summed E-state index contributed by atoms with van der Waals surface area (Å²) in [5.74, 6) is -0.863. The first-order valence-corrected chi connectivity index (χ1v) is 8.01. The molecule has 0 aliphatic rings. The van der Waals surface area contributed by atoms with Crippen LogP contribution in [0.25, 0.3) is 22.2 Å². The minimum absolute atomic E-state index is 0.0146. The first-order valence-electron chi connectivity index (χ1n) is 8.01. The van der Waals surface area contributed by atoms with Gasteiger partial charge in [0.15, 0.2) is 5.78 Å². The van der Waals surface area contributed by atoms with E-state index in [1.54, 1.807) is 29.9 Å². The molecule has 0 unspecified atom stereocenters. The van der Waals surface area contributed by atoms with Crippen LogP contribution in [0.1, 0.15) is 16.1 Å². The lowest BCUT2D eigenvalue weighted by molar-refractivity contribution is 0.0988. The van der Waals surface area contributed by atoms with Crippen molar-refractivity contribution < 1.29 is 9.18 Å². The third-order valence-corrected chi connectivity index (χ3v) is 4.05. The summed E-state index contributed by atoms with van der Waals surface area (Å²) in [4.78, 5) is 12.3. The molecule has 7 heteroatoms. The van der Waals surface area contributed by atoms with Crippen LogP contribution in [0.4, 0.5) is 4.39 Å². The average molecular weight is 347 g/mol. The van der Waals surface area contributed by atoms with Gasteiger partial charge in [0.25, 0.3) is 0 Å². The lowest BCUT2D eigenvalue weighted by Gasteiger charge is -2.04. The van der Waals surface area contributed by atoms with Gasteiger partial charge in [-0.2, -0.15) is 10.2 Å². The molecule has 26 heavy (non-hydrogen) atoms. The normalized spacial score (nSPS) is 11.0. The minimum Gasteiger partial charge on any atom is -0.294 e. The van der Waals surface area contributed by atoms with Crippen molar-refractivity contribution in [3.8, 4) is 11.3 Å². The summed E-state index contributed by atoms with van der Waals surface area (Å²) >= 11 is 0. The van der Waals surface area contributed by atoms with Crippen molar-refractivity contribution in [2.45, 2.75) is 6.42 Å². The highest BCUT2D eigenvalue weighted by atomic mass is 19.1. The lowest BCUT2D eigenvalue weighted by atomic mass is 10.0. The van der Waals surface area contributed by atoms with Gasteiger partial charge in [0.05, 0.1) is 29.4 Å². The standard InChI is InChI=1S/C19H14FN5O/c1-25-11-18(23-24-25)12-6-7-17-13(8-12)9-14(21-22-17)10-19(26)15-4-2-3-5-16(15)20/h2-9,11H,10H2,1H3. The van der Waals surface area contributed by atoms with Gasteiger partial charge in [0.2, 0.25) is 0 Å². The SMILES string of the molecule is Cn1cc(-c2ccc3nnc(CC(=O)c4ccccc4F)cc3c2)nn1. The summed E-state index contributed by atoms with van der Waals surface area (Å²) in [6.07, 6.45) is 1.80. The molecule has 2 aromatic heterocycles. The smallest absolute Gasteiger partial charge is 0.171 e. The summed E-state index contributed by atoms with van der Waals surface area (Å²) in [6.45, 7) is 0. The largest absolute Gasteiger partial charge is 0.294 e. The fourth-order valence-corrected chi connectivity index (χ4v) is 2.76. The van der Waals surface area contributed by atoms with Gasteiger partial charge in [0, 0.05) is 18.0 Å². The number of rotatable bonds is 4. The summed E-state index contributed by atoms with van der Waals surface area (Å²) in [6, 6.07) is 13.4. The van der Waals surface area contributed by atoms with Gasteiger partial charge in [-0.05, 0) is 30.3 Å². The number of benzene rings is 2. The van der Waals surface area contributed by atoms with Crippen LogP contribution in [0.15, 0.2) is 54.7 Å². The molecule has 0 spiro atoms. The maximum absolute atomic E-state index is 13.8. The van der Waals surface area contributed by atoms with Crippen LogP contribution < -0.4 is 0 Å². The molecular formula is C19H14FN5O. The second-order valence-corrected chi connectivity index (χ2v) is 5.97. The molecule has 0 N–H and O–H groups in total. The highest BCUT2D eigenvalue weighted by Crippen LogP contribution is 2.22. The molecule has 2 heterocycles. The molecule has 0 aliphatic carbocycles. The average Bonchev–Trinajstić information content (AvgIpc) is 3.08. The molecule has 0 saturated carbocycles. The predicted molar refractivity (Wildman–Crippen MR) is 94.0 cm³/mol. The topological polar surface area (TPSA) is 73.6 Å². The Bertz CT molecular complexity index is 1120. The molecular weight excluding hydrogens is 333 g/mol. The summed E-state index contributed by atoms with van der Waals surface area (Å²) in [7, 11) is 1.80. The van der Waals surface area contributed by atoms with Crippen LogP contribution in [0.2, 0.25) is 0 Å². The van der Waals surface area contributed by atoms with E-state index in [9.17, 15) is 9.18 Å². The van der Waals surface area contributed by atoms with Crippen molar-refractivity contribution >= 4 is 16.7 Å². The zero-order valence-electron chi connectivity index (χ0n) is 13.9. The number of hydrogen-bond acceptors (Lipinski definition) is 5. The number of ketones is 1. The van der Waals surface area contributed by atoms with Crippen molar-refractivity contribution in [1.29, 1.82) is 0 Å². The number of nitrogens with zero attached hydrogens (tertiary/aromatic N) is 5. The Morgan fingerprint density at radius 2 is 1.92 bits per heavy atom. The van der Waals surface area contributed by atoms with E-state index in [1.807, 2.05) is 24.4 Å². The molecule has 4 aromatic rings.